The smallest absolute Gasteiger partial charge is 0.310 e. The predicted octanol–water partition coefficient (Wildman–Crippen LogP) is 5.08. The van der Waals surface area contributed by atoms with E-state index < -0.39 is 11.4 Å². The minimum absolute atomic E-state index is 0.167. The molecule has 7 rings (SSSR count). The number of thiazole rings is 1. The molecule has 3 aliphatic heterocycles. The fourth-order valence-electron chi connectivity index (χ4n) is 7.08. The summed E-state index contributed by atoms with van der Waals surface area (Å²) >= 11 is 1.63. The van der Waals surface area contributed by atoms with Crippen LogP contribution in [0.1, 0.15) is 40.7 Å². The number of aryl methyl sites for hydroxylation is 1. The number of para-hydroxylation sites is 1. The molecule has 4 heterocycles. The molecule has 3 aromatic rings. The van der Waals surface area contributed by atoms with Crippen LogP contribution < -0.4 is 9.64 Å². The van der Waals surface area contributed by atoms with E-state index in [1.807, 2.05) is 0 Å². The van der Waals surface area contributed by atoms with Crippen molar-refractivity contribution in [2.45, 2.75) is 52.4 Å². The average Bonchev–Trinajstić information content (AvgIpc) is 3.55. The molecule has 1 unspecified atom stereocenters. The first-order valence-electron chi connectivity index (χ1n) is 15.1. The van der Waals surface area contributed by atoms with Gasteiger partial charge in [0.1, 0.15) is 12.4 Å². The molecule has 1 aliphatic carbocycles. The fraction of sp³-hybridized carbons (Fsp3) is 0.515. The Labute approximate surface area is 251 Å². The van der Waals surface area contributed by atoms with E-state index in [9.17, 15) is 9.90 Å². The lowest BCUT2D eigenvalue weighted by Gasteiger charge is -2.34. The number of carboxylic acid groups (broad SMARTS) is 1. The van der Waals surface area contributed by atoms with Crippen LogP contribution in [0.15, 0.2) is 35.7 Å². The van der Waals surface area contributed by atoms with Gasteiger partial charge in [0.2, 0.25) is 0 Å². The van der Waals surface area contributed by atoms with Crippen molar-refractivity contribution in [1.29, 1.82) is 0 Å². The number of benzene rings is 2. The maximum absolute atomic E-state index is 11.7. The third kappa shape index (κ3) is 5.21. The summed E-state index contributed by atoms with van der Waals surface area (Å²) in [5.41, 5.74) is 7.92. The standard InChI is InChI=1S/C33H39N3O5S/c1-21-4-3-5-28(29-20-42-32(34-29)36-11-9-33(31(37)38)14-25(33)16-36)30(21)41-18-24-7-6-23-15-35(10-8-27(23)22(24)2)17-26-19-39-12-13-40-26/h3-7,20,25-26H,8-19H2,1-2H3,(H,37,38)/t25-,26?,33+/m0/s1. The summed E-state index contributed by atoms with van der Waals surface area (Å²) in [6, 6.07) is 10.7. The van der Waals surface area contributed by atoms with Crippen molar-refractivity contribution >= 4 is 22.4 Å². The molecule has 3 atom stereocenters. The van der Waals surface area contributed by atoms with Crippen LogP contribution in [0.2, 0.25) is 0 Å². The van der Waals surface area contributed by atoms with E-state index in [4.69, 9.17) is 19.2 Å². The highest BCUT2D eigenvalue weighted by Gasteiger charge is 2.62. The number of anilines is 1. The second-order valence-electron chi connectivity index (χ2n) is 12.4. The lowest BCUT2D eigenvalue weighted by atomic mass is 9.92. The van der Waals surface area contributed by atoms with E-state index in [2.05, 4.69) is 59.4 Å². The van der Waals surface area contributed by atoms with E-state index in [-0.39, 0.29) is 12.0 Å². The minimum Gasteiger partial charge on any atom is -0.488 e. The number of hydrogen-bond acceptors (Lipinski definition) is 8. The van der Waals surface area contributed by atoms with E-state index in [1.54, 1.807) is 11.3 Å². The van der Waals surface area contributed by atoms with Crippen LogP contribution in [-0.2, 0) is 33.8 Å². The van der Waals surface area contributed by atoms with Gasteiger partial charge >= 0.3 is 5.97 Å². The number of piperidine rings is 1. The summed E-state index contributed by atoms with van der Waals surface area (Å²) in [6.45, 7) is 11.3. The molecular weight excluding hydrogens is 550 g/mol. The summed E-state index contributed by atoms with van der Waals surface area (Å²) in [7, 11) is 0. The highest BCUT2D eigenvalue weighted by molar-refractivity contribution is 7.14. The molecule has 4 aliphatic rings. The van der Waals surface area contributed by atoms with Crippen LogP contribution in [0.5, 0.6) is 5.75 Å². The van der Waals surface area contributed by atoms with Crippen molar-refractivity contribution < 1.29 is 24.1 Å². The zero-order chi connectivity index (χ0) is 28.8. The molecule has 0 bridgehead atoms. The van der Waals surface area contributed by atoms with Crippen molar-refractivity contribution in [3.63, 3.8) is 0 Å². The molecule has 3 fully saturated rings. The largest absolute Gasteiger partial charge is 0.488 e. The van der Waals surface area contributed by atoms with Crippen LogP contribution >= 0.6 is 11.3 Å². The van der Waals surface area contributed by atoms with Crippen LogP contribution in [0.4, 0.5) is 5.13 Å². The molecule has 0 amide bonds. The van der Waals surface area contributed by atoms with Crippen molar-refractivity contribution in [2.24, 2.45) is 11.3 Å². The van der Waals surface area contributed by atoms with Gasteiger partial charge in [0, 0.05) is 43.7 Å². The summed E-state index contributed by atoms with van der Waals surface area (Å²) in [6.07, 6.45) is 2.69. The topological polar surface area (TPSA) is 84.4 Å². The van der Waals surface area contributed by atoms with Crippen LogP contribution in [-0.4, -0.2) is 73.1 Å². The molecule has 0 spiro atoms. The van der Waals surface area contributed by atoms with Gasteiger partial charge in [0.25, 0.3) is 0 Å². The van der Waals surface area contributed by atoms with Crippen molar-refractivity contribution in [3.8, 4) is 17.0 Å². The van der Waals surface area contributed by atoms with E-state index in [0.29, 0.717) is 32.8 Å². The van der Waals surface area contributed by atoms with E-state index >= 15 is 0 Å². The molecule has 8 nitrogen and oxygen atoms in total. The quantitative estimate of drug-likeness (QED) is 0.390. The van der Waals surface area contributed by atoms with Gasteiger partial charge in [-0.2, -0.15) is 0 Å². The molecule has 2 saturated heterocycles. The number of ether oxygens (including phenoxy) is 3. The molecule has 1 saturated carbocycles. The Hall–Kier alpha value is -2.98. The predicted molar refractivity (Wildman–Crippen MR) is 162 cm³/mol. The van der Waals surface area contributed by atoms with Gasteiger partial charge in [0.15, 0.2) is 5.13 Å². The van der Waals surface area contributed by atoms with Gasteiger partial charge in [-0.3, -0.25) is 9.69 Å². The zero-order valence-electron chi connectivity index (χ0n) is 24.4. The molecule has 42 heavy (non-hydrogen) atoms. The highest BCUT2D eigenvalue weighted by Crippen LogP contribution is 2.58. The number of carbonyl (C=O) groups is 1. The lowest BCUT2D eigenvalue weighted by Crippen LogP contribution is -2.42. The maximum Gasteiger partial charge on any atom is 0.310 e. The number of rotatable bonds is 8. The number of nitrogens with zero attached hydrogens (tertiary/aromatic N) is 3. The van der Waals surface area contributed by atoms with Gasteiger partial charge in [-0.15, -0.1) is 11.3 Å². The summed E-state index contributed by atoms with van der Waals surface area (Å²) < 4.78 is 18.0. The monoisotopic (exact) mass is 589 g/mol. The molecule has 1 aromatic heterocycles. The third-order valence-electron chi connectivity index (χ3n) is 9.78. The highest BCUT2D eigenvalue weighted by atomic mass is 32.1. The van der Waals surface area contributed by atoms with Gasteiger partial charge in [-0.05, 0) is 72.9 Å². The van der Waals surface area contributed by atoms with Gasteiger partial charge in [-0.1, -0.05) is 24.3 Å². The van der Waals surface area contributed by atoms with Crippen molar-refractivity contribution in [3.05, 3.63) is 63.5 Å². The van der Waals surface area contributed by atoms with Crippen LogP contribution in [0, 0.1) is 25.2 Å². The molecule has 2 aromatic carbocycles. The fourth-order valence-corrected chi connectivity index (χ4v) is 7.94. The first-order chi connectivity index (χ1) is 20.4. The van der Waals surface area contributed by atoms with Gasteiger partial charge in [-0.25, -0.2) is 4.98 Å². The number of hydrogen-bond donors (Lipinski definition) is 1. The molecule has 222 valence electrons. The summed E-state index contributed by atoms with van der Waals surface area (Å²) in [4.78, 5) is 21.4. The molecule has 9 heteroatoms. The molecule has 1 N–H and O–H groups in total. The lowest BCUT2D eigenvalue weighted by molar-refractivity contribution is -0.144. The normalized spacial score (nSPS) is 25.5. The SMILES string of the molecule is Cc1cccc(-c2csc(N3CC[C@@]4(C(=O)O)C[C@H]4C3)n2)c1OCc1ccc2c(c1C)CCN(CC1COCCO1)C2. The Kier molecular flexibility index (Phi) is 7.46. The first-order valence-corrected chi connectivity index (χ1v) is 16.0. The van der Waals surface area contributed by atoms with Crippen LogP contribution in [0.3, 0.4) is 0 Å². The Morgan fingerprint density at radius 1 is 1.21 bits per heavy atom. The van der Waals surface area contributed by atoms with Gasteiger partial charge in [0.05, 0.1) is 37.0 Å². The summed E-state index contributed by atoms with van der Waals surface area (Å²) in [5, 5.41) is 12.7. The Balaban J connectivity index is 1.03. The third-order valence-corrected chi connectivity index (χ3v) is 10.7. The Morgan fingerprint density at radius 3 is 2.93 bits per heavy atom. The molecule has 0 radical (unpaired) electrons. The Morgan fingerprint density at radius 2 is 2.12 bits per heavy atom. The summed E-state index contributed by atoms with van der Waals surface area (Å²) in [5.74, 6) is 0.473. The second-order valence-corrected chi connectivity index (χ2v) is 13.2. The number of aliphatic carboxylic acids is 1. The van der Waals surface area contributed by atoms with Gasteiger partial charge < -0.3 is 24.2 Å². The van der Waals surface area contributed by atoms with Crippen LogP contribution in [0.25, 0.3) is 11.3 Å². The van der Waals surface area contributed by atoms with E-state index in [0.717, 1.165) is 73.3 Å². The minimum atomic E-state index is -0.634. The Bertz CT molecular complexity index is 1480. The van der Waals surface area contributed by atoms with Crippen molar-refractivity contribution in [1.82, 2.24) is 9.88 Å². The maximum atomic E-state index is 11.7. The average molecular weight is 590 g/mol. The second kappa shape index (κ2) is 11.3. The first kappa shape index (κ1) is 27.8. The number of carboxylic acids is 1. The number of aromatic nitrogens is 1. The molecular formula is C33H39N3O5S. The number of fused-ring (bicyclic) bond motifs is 2. The van der Waals surface area contributed by atoms with Crippen molar-refractivity contribution in [2.75, 3.05) is 50.9 Å². The van der Waals surface area contributed by atoms with E-state index in [1.165, 1.54) is 22.3 Å². The zero-order valence-corrected chi connectivity index (χ0v) is 25.3.